The van der Waals surface area contributed by atoms with Gasteiger partial charge in [0.15, 0.2) is 0 Å². The number of hydrogen-bond donors (Lipinski definition) is 0. The molecule has 1 aliphatic heterocycles. The van der Waals surface area contributed by atoms with Gasteiger partial charge in [0.2, 0.25) is 5.91 Å². The molecule has 0 spiro atoms. The number of para-hydroxylation sites is 1. The Kier molecular flexibility index (Phi) is 3.69. The molecule has 0 unspecified atom stereocenters. The fourth-order valence-electron chi connectivity index (χ4n) is 3.17. The van der Waals surface area contributed by atoms with Crippen molar-refractivity contribution in [2.75, 3.05) is 13.1 Å². The summed E-state index contributed by atoms with van der Waals surface area (Å²) in [5.74, 6) is 0.904. The number of aryl methyl sites for hydroxylation is 1. The van der Waals surface area contributed by atoms with Crippen LogP contribution < -0.4 is 4.74 Å². The molecule has 5 nitrogen and oxygen atoms in total. The maximum atomic E-state index is 12.5. The smallest absolute Gasteiger partial charge is 0.227 e. The molecule has 3 aromatic rings. The Bertz CT molecular complexity index is 867. The van der Waals surface area contributed by atoms with Crippen molar-refractivity contribution in [3.63, 3.8) is 0 Å². The molecule has 0 atom stereocenters. The van der Waals surface area contributed by atoms with Gasteiger partial charge in [-0.1, -0.05) is 18.2 Å². The number of rotatable bonds is 4. The molecule has 1 aliphatic rings. The summed E-state index contributed by atoms with van der Waals surface area (Å²) in [7, 11) is 2.01. The van der Waals surface area contributed by atoms with Crippen molar-refractivity contribution in [3.05, 3.63) is 60.6 Å². The van der Waals surface area contributed by atoms with E-state index < -0.39 is 0 Å². The SMILES string of the molecule is Cn1cc(CC(=O)N2CC(Oc3cccnc3)C2)c2ccccc21. The van der Waals surface area contributed by atoms with E-state index in [1.54, 1.807) is 12.4 Å². The lowest BCUT2D eigenvalue weighted by molar-refractivity contribution is -0.139. The molecule has 0 radical (unpaired) electrons. The molecule has 1 saturated heterocycles. The highest BCUT2D eigenvalue weighted by molar-refractivity contribution is 5.89. The van der Waals surface area contributed by atoms with Crippen LogP contribution in [0.3, 0.4) is 0 Å². The number of carbonyl (C=O) groups is 1. The van der Waals surface area contributed by atoms with Gasteiger partial charge in [-0.05, 0) is 23.8 Å². The number of carbonyl (C=O) groups excluding carboxylic acids is 1. The van der Waals surface area contributed by atoms with Crippen LogP contribution in [0.25, 0.3) is 10.9 Å². The summed E-state index contributed by atoms with van der Waals surface area (Å²) in [5.41, 5.74) is 2.23. The normalized spacial score (nSPS) is 14.6. The second-order valence-corrected chi connectivity index (χ2v) is 6.19. The Hall–Kier alpha value is -2.82. The fraction of sp³-hybridized carbons (Fsp3) is 0.263. The first-order valence-corrected chi connectivity index (χ1v) is 8.08. The maximum absolute atomic E-state index is 12.5. The van der Waals surface area contributed by atoms with E-state index in [9.17, 15) is 4.79 Å². The number of aromatic nitrogens is 2. The van der Waals surface area contributed by atoms with Gasteiger partial charge in [-0.15, -0.1) is 0 Å². The van der Waals surface area contributed by atoms with Crippen LogP contribution in [0.15, 0.2) is 55.0 Å². The number of ether oxygens (including phenoxy) is 1. The molecule has 0 bridgehead atoms. The number of likely N-dealkylation sites (tertiary alicyclic amines) is 1. The zero-order chi connectivity index (χ0) is 16.5. The van der Waals surface area contributed by atoms with Gasteiger partial charge < -0.3 is 14.2 Å². The molecule has 1 amide bonds. The predicted molar refractivity (Wildman–Crippen MR) is 91.9 cm³/mol. The van der Waals surface area contributed by atoms with E-state index >= 15 is 0 Å². The van der Waals surface area contributed by atoms with Gasteiger partial charge in [-0.25, -0.2) is 0 Å². The van der Waals surface area contributed by atoms with E-state index in [4.69, 9.17) is 4.74 Å². The van der Waals surface area contributed by atoms with Gasteiger partial charge in [0.1, 0.15) is 11.9 Å². The molecule has 0 saturated carbocycles. The van der Waals surface area contributed by atoms with Gasteiger partial charge in [-0.2, -0.15) is 0 Å². The van der Waals surface area contributed by atoms with Gasteiger partial charge >= 0.3 is 0 Å². The van der Waals surface area contributed by atoms with Crippen molar-refractivity contribution < 1.29 is 9.53 Å². The van der Waals surface area contributed by atoms with E-state index in [0.717, 1.165) is 22.2 Å². The molecular formula is C19H19N3O2. The number of hydrogen-bond acceptors (Lipinski definition) is 3. The van der Waals surface area contributed by atoms with Crippen LogP contribution in [0, 0.1) is 0 Å². The zero-order valence-corrected chi connectivity index (χ0v) is 13.6. The fourth-order valence-corrected chi connectivity index (χ4v) is 3.17. The first-order valence-electron chi connectivity index (χ1n) is 8.08. The first kappa shape index (κ1) is 14.8. The minimum absolute atomic E-state index is 0.0608. The lowest BCUT2D eigenvalue weighted by Crippen LogP contribution is -2.56. The summed E-state index contributed by atoms with van der Waals surface area (Å²) in [4.78, 5) is 18.4. The van der Waals surface area contributed by atoms with Crippen molar-refractivity contribution in [2.24, 2.45) is 7.05 Å². The highest BCUT2D eigenvalue weighted by Crippen LogP contribution is 2.23. The van der Waals surface area contributed by atoms with Crippen molar-refractivity contribution in [1.29, 1.82) is 0 Å². The molecule has 24 heavy (non-hydrogen) atoms. The molecule has 1 fully saturated rings. The van der Waals surface area contributed by atoms with Crippen LogP contribution in [0.1, 0.15) is 5.56 Å². The number of amides is 1. The topological polar surface area (TPSA) is 47.4 Å². The quantitative estimate of drug-likeness (QED) is 0.741. The highest BCUT2D eigenvalue weighted by atomic mass is 16.5. The summed E-state index contributed by atoms with van der Waals surface area (Å²) in [6, 6.07) is 11.9. The first-order chi connectivity index (χ1) is 11.7. The third-order valence-corrected chi connectivity index (χ3v) is 4.46. The van der Waals surface area contributed by atoms with Crippen molar-refractivity contribution in [2.45, 2.75) is 12.5 Å². The van der Waals surface area contributed by atoms with Crippen LogP contribution in [0.4, 0.5) is 0 Å². The molecular weight excluding hydrogens is 302 g/mol. The summed E-state index contributed by atoms with van der Waals surface area (Å²) >= 11 is 0. The molecule has 3 heterocycles. The average molecular weight is 321 g/mol. The van der Waals surface area contributed by atoms with E-state index in [1.165, 1.54) is 0 Å². The number of nitrogens with zero attached hydrogens (tertiary/aromatic N) is 3. The number of fused-ring (bicyclic) bond motifs is 1. The van der Waals surface area contributed by atoms with Crippen molar-refractivity contribution >= 4 is 16.8 Å². The Balaban J connectivity index is 1.37. The van der Waals surface area contributed by atoms with Crippen LogP contribution in [-0.4, -0.2) is 39.6 Å². The molecule has 0 N–H and O–H groups in total. The maximum Gasteiger partial charge on any atom is 0.227 e. The monoisotopic (exact) mass is 321 g/mol. The zero-order valence-electron chi connectivity index (χ0n) is 13.6. The Morgan fingerprint density at radius 3 is 2.88 bits per heavy atom. The van der Waals surface area contributed by atoms with E-state index in [1.807, 2.05) is 42.4 Å². The van der Waals surface area contributed by atoms with Gasteiger partial charge in [0.25, 0.3) is 0 Å². The molecule has 4 rings (SSSR count). The standard InChI is InChI=1S/C19H19N3O2/c1-21-11-14(17-6-2-3-7-18(17)21)9-19(23)22-12-16(13-22)24-15-5-4-8-20-10-15/h2-8,10-11,16H,9,12-13H2,1H3. The Morgan fingerprint density at radius 2 is 2.08 bits per heavy atom. The van der Waals surface area contributed by atoms with E-state index in [-0.39, 0.29) is 12.0 Å². The lowest BCUT2D eigenvalue weighted by atomic mass is 10.1. The molecule has 1 aromatic carbocycles. The van der Waals surface area contributed by atoms with Crippen LogP contribution in [0.2, 0.25) is 0 Å². The molecule has 5 heteroatoms. The lowest BCUT2D eigenvalue weighted by Gasteiger charge is -2.39. The van der Waals surface area contributed by atoms with Crippen LogP contribution >= 0.6 is 0 Å². The van der Waals surface area contributed by atoms with Gasteiger partial charge in [0.05, 0.1) is 25.7 Å². The molecule has 0 aliphatic carbocycles. The average Bonchev–Trinajstić information content (AvgIpc) is 2.88. The minimum Gasteiger partial charge on any atom is -0.485 e. The highest BCUT2D eigenvalue weighted by Gasteiger charge is 2.32. The van der Waals surface area contributed by atoms with Crippen LogP contribution in [-0.2, 0) is 18.3 Å². The van der Waals surface area contributed by atoms with Gasteiger partial charge in [-0.3, -0.25) is 9.78 Å². The van der Waals surface area contributed by atoms with Gasteiger partial charge in [0, 0.05) is 30.3 Å². The largest absolute Gasteiger partial charge is 0.485 e. The second-order valence-electron chi connectivity index (χ2n) is 6.19. The van der Waals surface area contributed by atoms with Crippen molar-refractivity contribution in [3.8, 4) is 5.75 Å². The minimum atomic E-state index is 0.0608. The third kappa shape index (κ3) is 2.73. The van der Waals surface area contributed by atoms with Crippen molar-refractivity contribution in [1.82, 2.24) is 14.5 Å². The number of pyridine rings is 1. The van der Waals surface area contributed by atoms with Crippen LogP contribution in [0.5, 0.6) is 5.75 Å². The summed E-state index contributed by atoms with van der Waals surface area (Å²) < 4.78 is 7.87. The summed E-state index contributed by atoms with van der Waals surface area (Å²) in [6.07, 6.45) is 5.95. The number of benzene rings is 1. The predicted octanol–water partition coefficient (Wildman–Crippen LogP) is 2.41. The third-order valence-electron chi connectivity index (χ3n) is 4.46. The van der Waals surface area contributed by atoms with E-state index in [2.05, 4.69) is 21.7 Å². The Morgan fingerprint density at radius 1 is 1.25 bits per heavy atom. The Labute approximate surface area is 140 Å². The second kappa shape index (κ2) is 6.00. The molecule has 122 valence electrons. The summed E-state index contributed by atoms with van der Waals surface area (Å²) in [5, 5.41) is 1.15. The summed E-state index contributed by atoms with van der Waals surface area (Å²) in [6.45, 7) is 1.27. The van der Waals surface area contributed by atoms with E-state index in [0.29, 0.717) is 19.5 Å². The molecule has 2 aromatic heterocycles.